The Hall–Kier alpha value is -0.810. The van der Waals surface area contributed by atoms with Crippen LogP contribution in [0.4, 0.5) is 0 Å². The molecule has 0 bridgehead atoms. The number of rotatable bonds is 0. The molecular weight excluding hydrogens is 206 g/mol. The van der Waals surface area contributed by atoms with E-state index in [0.29, 0.717) is 10.1 Å². The third-order valence-corrected chi connectivity index (χ3v) is 2.67. The monoisotopic (exact) mass is 213 g/mol. The van der Waals surface area contributed by atoms with E-state index in [1.165, 1.54) is 0 Å². The Bertz CT molecular complexity index is 309. The second kappa shape index (κ2) is 3.16. The zero-order valence-electron chi connectivity index (χ0n) is 6.50. The molecule has 0 saturated carbocycles. The highest BCUT2D eigenvalue weighted by molar-refractivity contribution is 7.82. The van der Waals surface area contributed by atoms with Crippen LogP contribution >= 0.6 is 24.4 Å². The van der Waals surface area contributed by atoms with Crippen molar-refractivity contribution >= 4 is 34.5 Å². The van der Waals surface area contributed by atoms with Crippen molar-refractivity contribution in [3.63, 3.8) is 0 Å². The summed E-state index contributed by atoms with van der Waals surface area (Å²) in [6.45, 7) is 0. The minimum atomic E-state index is -0.305. The summed E-state index contributed by atoms with van der Waals surface area (Å²) in [7, 11) is 0. The summed E-state index contributed by atoms with van der Waals surface area (Å²) in [5.41, 5.74) is 5.76. The zero-order chi connectivity index (χ0) is 9.42. The highest BCUT2D eigenvalue weighted by atomic mass is 32.1. The Morgan fingerprint density at radius 1 is 1.31 bits per heavy atom. The molecule has 0 aromatic heterocycles. The summed E-state index contributed by atoms with van der Waals surface area (Å²) in [4.78, 5) is 0.609. The van der Waals surface area contributed by atoms with Gasteiger partial charge in [-0.15, -0.1) is 0 Å². The number of hydrogen-bond donors (Lipinski definition) is 4. The third-order valence-electron chi connectivity index (χ3n) is 2.08. The average molecular weight is 213 g/mol. The first-order chi connectivity index (χ1) is 6.22. The summed E-state index contributed by atoms with van der Waals surface area (Å²) in [6.07, 6.45) is -0.0779. The molecule has 0 amide bonds. The fraction of sp³-hybridized carbons (Fsp3) is 0.500. The van der Waals surface area contributed by atoms with Crippen molar-refractivity contribution in [3.8, 4) is 6.07 Å². The molecule has 2 rings (SSSR count). The number of nitrogens with zero attached hydrogens (tertiary/aromatic N) is 1. The number of nitrogens with one attached hydrogen (secondary N) is 4. The van der Waals surface area contributed by atoms with Crippen LogP contribution in [-0.4, -0.2) is 22.3 Å². The van der Waals surface area contributed by atoms with E-state index >= 15 is 0 Å². The second-order valence-corrected chi connectivity index (χ2v) is 3.71. The van der Waals surface area contributed by atoms with Gasteiger partial charge in [0.1, 0.15) is 12.2 Å². The highest BCUT2D eigenvalue weighted by Gasteiger charge is 2.42. The molecule has 4 N–H and O–H groups in total. The van der Waals surface area contributed by atoms with E-state index in [4.69, 9.17) is 29.7 Å². The molecule has 2 aliphatic heterocycles. The van der Waals surface area contributed by atoms with E-state index in [2.05, 4.69) is 27.6 Å². The minimum Gasteiger partial charge on any atom is -0.345 e. The van der Waals surface area contributed by atoms with Gasteiger partial charge in [-0.1, -0.05) is 12.2 Å². The number of fused-ring (bicyclic) bond motifs is 1. The molecule has 2 fully saturated rings. The van der Waals surface area contributed by atoms with Gasteiger partial charge in [0.15, 0.2) is 5.11 Å². The van der Waals surface area contributed by atoms with Crippen molar-refractivity contribution in [2.45, 2.75) is 12.2 Å². The number of nitriles is 1. The molecule has 3 unspecified atom stereocenters. The molecule has 2 heterocycles. The summed E-state index contributed by atoms with van der Waals surface area (Å²) in [6, 6.07) is 1.82. The molecule has 0 radical (unpaired) electrons. The average Bonchev–Trinajstić information content (AvgIpc) is 2.47. The van der Waals surface area contributed by atoms with Gasteiger partial charge in [0.05, 0.1) is 17.0 Å². The van der Waals surface area contributed by atoms with Gasteiger partial charge >= 0.3 is 0 Å². The lowest BCUT2D eigenvalue weighted by Gasteiger charge is -2.29. The van der Waals surface area contributed by atoms with Crippen molar-refractivity contribution in [3.05, 3.63) is 0 Å². The topological polar surface area (TPSA) is 71.9 Å². The van der Waals surface area contributed by atoms with Crippen molar-refractivity contribution in [2.75, 3.05) is 0 Å². The molecule has 0 aliphatic carbocycles. The highest BCUT2D eigenvalue weighted by Crippen LogP contribution is 2.16. The lowest BCUT2D eigenvalue weighted by molar-refractivity contribution is 0.483. The van der Waals surface area contributed by atoms with Crippen molar-refractivity contribution in [2.24, 2.45) is 5.92 Å². The summed E-state index contributed by atoms with van der Waals surface area (Å²) in [5.74, 6) is -0.0632. The van der Waals surface area contributed by atoms with Crippen LogP contribution < -0.4 is 21.5 Å². The van der Waals surface area contributed by atoms with E-state index in [-0.39, 0.29) is 18.1 Å². The van der Waals surface area contributed by atoms with Crippen molar-refractivity contribution in [1.29, 1.82) is 5.26 Å². The normalized spacial score (nSPS) is 37.3. The van der Waals surface area contributed by atoms with E-state index in [1.807, 2.05) is 0 Å². The van der Waals surface area contributed by atoms with Gasteiger partial charge in [0.2, 0.25) is 0 Å². The molecular formula is C6H7N5S2. The fourth-order valence-electron chi connectivity index (χ4n) is 1.47. The molecule has 68 valence electrons. The Morgan fingerprint density at radius 2 is 2.08 bits per heavy atom. The van der Waals surface area contributed by atoms with Gasteiger partial charge in [0, 0.05) is 0 Å². The SMILES string of the molecule is N#CC1NNC2NC(=S)NC(=S)C12. The van der Waals surface area contributed by atoms with Gasteiger partial charge in [-0.05, 0) is 12.2 Å². The van der Waals surface area contributed by atoms with Gasteiger partial charge < -0.3 is 10.6 Å². The molecule has 7 heteroatoms. The van der Waals surface area contributed by atoms with Gasteiger partial charge in [-0.25, -0.2) is 10.9 Å². The maximum atomic E-state index is 8.79. The molecule has 0 spiro atoms. The molecule has 2 aliphatic rings. The predicted octanol–water partition coefficient (Wildman–Crippen LogP) is -1.27. The van der Waals surface area contributed by atoms with Crippen LogP contribution in [0.3, 0.4) is 0 Å². The van der Waals surface area contributed by atoms with Gasteiger partial charge in [0.25, 0.3) is 0 Å². The van der Waals surface area contributed by atoms with E-state index in [1.54, 1.807) is 0 Å². The maximum Gasteiger partial charge on any atom is 0.172 e. The Kier molecular flexibility index (Phi) is 2.13. The molecule has 5 nitrogen and oxygen atoms in total. The molecule has 13 heavy (non-hydrogen) atoms. The summed E-state index contributed by atoms with van der Waals surface area (Å²) >= 11 is 10.0. The van der Waals surface area contributed by atoms with Crippen LogP contribution in [0.2, 0.25) is 0 Å². The number of hydrogen-bond acceptors (Lipinski definition) is 5. The maximum absolute atomic E-state index is 8.79. The first-order valence-corrected chi connectivity index (χ1v) is 4.56. The van der Waals surface area contributed by atoms with Crippen LogP contribution in [0.1, 0.15) is 0 Å². The Balaban J connectivity index is 2.22. The molecule has 2 saturated heterocycles. The lowest BCUT2D eigenvalue weighted by atomic mass is 9.99. The van der Waals surface area contributed by atoms with E-state index < -0.39 is 0 Å². The van der Waals surface area contributed by atoms with E-state index in [9.17, 15) is 0 Å². The van der Waals surface area contributed by atoms with E-state index in [0.717, 1.165) is 0 Å². The number of hydrazine groups is 1. The third kappa shape index (κ3) is 1.38. The first kappa shape index (κ1) is 8.77. The smallest absolute Gasteiger partial charge is 0.172 e. The zero-order valence-corrected chi connectivity index (χ0v) is 8.13. The van der Waals surface area contributed by atoms with Gasteiger partial charge in [-0.2, -0.15) is 5.26 Å². The van der Waals surface area contributed by atoms with Crippen molar-refractivity contribution in [1.82, 2.24) is 21.5 Å². The quantitative estimate of drug-likeness (QED) is 0.374. The van der Waals surface area contributed by atoms with Crippen LogP contribution in [0.15, 0.2) is 0 Å². The molecule has 3 atom stereocenters. The predicted molar refractivity (Wildman–Crippen MR) is 54.4 cm³/mol. The Labute approximate surface area is 85.8 Å². The second-order valence-electron chi connectivity index (χ2n) is 2.86. The fourth-order valence-corrected chi connectivity index (χ4v) is 2.14. The van der Waals surface area contributed by atoms with Gasteiger partial charge in [-0.3, -0.25) is 0 Å². The van der Waals surface area contributed by atoms with Crippen LogP contribution in [0, 0.1) is 17.2 Å². The summed E-state index contributed by atoms with van der Waals surface area (Å²) < 4.78 is 0. The number of thiocarbonyl (C=S) groups is 2. The minimum absolute atomic E-state index is 0.0632. The summed E-state index contributed by atoms with van der Waals surface area (Å²) in [5, 5.41) is 15.1. The standard InChI is InChI=1S/C6H7N5S2/c7-1-2-3-4(11-10-2)8-6(13)9-5(3)12/h2-4,10-11H,(H2,8,9,12,13). The molecule has 0 aromatic rings. The van der Waals surface area contributed by atoms with Crippen molar-refractivity contribution < 1.29 is 0 Å². The van der Waals surface area contributed by atoms with Crippen LogP contribution in [0.5, 0.6) is 0 Å². The van der Waals surface area contributed by atoms with Crippen LogP contribution in [0.25, 0.3) is 0 Å². The molecule has 0 aromatic carbocycles. The van der Waals surface area contributed by atoms with Crippen LogP contribution in [-0.2, 0) is 0 Å². The largest absolute Gasteiger partial charge is 0.345 e. The Morgan fingerprint density at radius 3 is 2.77 bits per heavy atom. The lowest BCUT2D eigenvalue weighted by Crippen LogP contribution is -2.60. The first-order valence-electron chi connectivity index (χ1n) is 3.74.